The number of nitro groups is 1. The van der Waals surface area contributed by atoms with Crippen LogP contribution in [-0.2, 0) is 10.0 Å². The van der Waals surface area contributed by atoms with E-state index in [1.54, 1.807) is 0 Å². The van der Waals surface area contributed by atoms with Gasteiger partial charge in [0.1, 0.15) is 0 Å². The van der Waals surface area contributed by atoms with Gasteiger partial charge in [-0.05, 0) is 24.3 Å². The van der Waals surface area contributed by atoms with Crippen LogP contribution in [0.4, 0.5) is 17.3 Å². The Bertz CT molecular complexity index is 907. The Morgan fingerprint density at radius 1 is 1.00 bits per heavy atom. The topological polar surface area (TPSA) is 113 Å². The first kappa shape index (κ1) is 19.0. The minimum absolute atomic E-state index is 0.0525. The third-order valence-corrected chi connectivity index (χ3v) is 6.26. The van der Waals surface area contributed by atoms with E-state index in [0.717, 1.165) is 5.82 Å². The van der Waals surface area contributed by atoms with E-state index in [4.69, 9.17) is 0 Å². The molecule has 0 bridgehead atoms. The number of hydrogen-bond acceptors (Lipinski definition) is 8. The number of non-ortho nitro benzene ring substituents is 1. The van der Waals surface area contributed by atoms with Crippen LogP contribution in [0.3, 0.4) is 0 Å². The molecule has 0 spiro atoms. The van der Waals surface area contributed by atoms with Crippen molar-refractivity contribution in [2.24, 2.45) is 0 Å². The number of nitro benzene ring substituents is 1. The molecule has 1 aliphatic heterocycles. The van der Waals surface area contributed by atoms with Crippen LogP contribution in [0, 0.1) is 10.1 Å². The second-order valence-corrected chi connectivity index (χ2v) is 8.22. The first-order chi connectivity index (χ1) is 12.8. The summed E-state index contributed by atoms with van der Waals surface area (Å²) in [6.45, 7) is 1.58. The van der Waals surface area contributed by atoms with Crippen LogP contribution in [-0.4, -0.2) is 68.1 Å². The summed E-state index contributed by atoms with van der Waals surface area (Å²) in [5, 5.41) is 19.1. The lowest BCUT2D eigenvalue weighted by Gasteiger charge is -2.34. The Morgan fingerprint density at radius 3 is 2.11 bits per heavy atom. The van der Waals surface area contributed by atoms with E-state index in [1.165, 1.54) is 28.6 Å². The molecule has 11 heteroatoms. The summed E-state index contributed by atoms with van der Waals surface area (Å²) in [4.78, 5) is 14.0. The molecule has 0 unspecified atom stereocenters. The molecule has 0 saturated carbocycles. The molecule has 1 aliphatic rings. The Kier molecular flexibility index (Phi) is 5.24. The number of benzene rings is 1. The molecule has 0 amide bonds. The van der Waals surface area contributed by atoms with Crippen molar-refractivity contribution in [2.75, 3.05) is 50.1 Å². The quantitative estimate of drug-likeness (QED) is 0.546. The molecular formula is C16H20N6O4S. The number of nitrogens with zero attached hydrogens (tertiary/aromatic N) is 6. The van der Waals surface area contributed by atoms with Gasteiger partial charge in [-0.2, -0.15) is 4.31 Å². The summed E-state index contributed by atoms with van der Waals surface area (Å²) in [7, 11) is 0.0742. The molecule has 10 nitrogen and oxygen atoms in total. The van der Waals surface area contributed by atoms with Gasteiger partial charge in [-0.1, -0.05) is 0 Å². The van der Waals surface area contributed by atoms with Crippen LogP contribution in [0.1, 0.15) is 0 Å². The number of aromatic nitrogens is 2. The van der Waals surface area contributed by atoms with Crippen LogP contribution in [0.5, 0.6) is 0 Å². The largest absolute Gasteiger partial charge is 0.361 e. The van der Waals surface area contributed by atoms with Crippen molar-refractivity contribution >= 4 is 27.3 Å². The molecule has 0 N–H and O–H groups in total. The second kappa shape index (κ2) is 7.45. The van der Waals surface area contributed by atoms with Crippen molar-refractivity contribution in [3.63, 3.8) is 0 Å². The number of hydrogen-bond donors (Lipinski definition) is 0. The highest BCUT2D eigenvalue weighted by molar-refractivity contribution is 7.89. The van der Waals surface area contributed by atoms with Crippen molar-refractivity contribution in [2.45, 2.75) is 4.90 Å². The van der Waals surface area contributed by atoms with Crippen molar-refractivity contribution in [1.82, 2.24) is 14.5 Å². The molecule has 0 aliphatic carbocycles. The lowest BCUT2D eigenvalue weighted by molar-refractivity contribution is -0.384. The van der Waals surface area contributed by atoms with E-state index < -0.39 is 14.9 Å². The van der Waals surface area contributed by atoms with Gasteiger partial charge in [0.2, 0.25) is 10.0 Å². The highest BCUT2D eigenvalue weighted by atomic mass is 32.2. The fourth-order valence-electron chi connectivity index (χ4n) is 2.77. The summed E-state index contributed by atoms with van der Waals surface area (Å²) in [6.07, 6.45) is 0. The maximum atomic E-state index is 12.7. The van der Waals surface area contributed by atoms with E-state index in [9.17, 15) is 18.5 Å². The van der Waals surface area contributed by atoms with Crippen molar-refractivity contribution in [1.29, 1.82) is 0 Å². The third-order valence-electron chi connectivity index (χ3n) is 4.34. The Morgan fingerprint density at radius 2 is 1.63 bits per heavy atom. The van der Waals surface area contributed by atoms with Gasteiger partial charge < -0.3 is 9.80 Å². The summed E-state index contributed by atoms with van der Waals surface area (Å²) in [6, 6.07) is 8.66. The number of piperazine rings is 1. The van der Waals surface area contributed by atoms with E-state index >= 15 is 0 Å². The Hall–Kier alpha value is -2.79. The fourth-order valence-corrected chi connectivity index (χ4v) is 4.19. The van der Waals surface area contributed by atoms with Gasteiger partial charge in [-0.15, -0.1) is 10.2 Å². The molecule has 27 heavy (non-hydrogen) atoms. The van der Waals surface area contributed by atoms with E-state index in [2.05, 4.69) is 10.2 Å². The fraction of sp³-hybridized carbons (Fsp3) is 0.375. The van der Waals surface area contributed by atoms with Crippen molar-refractivity contribution in [3.05, 3.63) is 46.5 Å². The summed E-state index contributed by atoms with van der Waals surface area (Å²) < 4.78 is 26.9. The van der Waals surface area contributed by atoms with Gasteiger partial charge in [0.05, 0.1) is 9.82 Å². The average Bonchev–Trinajstić information content (AvgIpc) is 2.68. The highest BCUT2D eigenvalue weighted by Crippen LogP contribution is 2.22. The molecule has 1 saturated heterocycles. The van der Waals surface area contributed by atoms with Crippen LogP contribution in [0.2, 0.25) is 0 Å². The Balaban J connectivity index is 1.68. The monoisotopic (exact) mass is 392 g/mol. The lowest BCUT2D eigenvalue weighted by atomic mass is 10.3. The number of anilines is 2. The molecule has 144 valence electrons. The van der Waals surface area contributed by atoms with Crippen LogP contribution in [0.25, 0.3) is 0 Å². The first-order valence-corrected chi connectivity index (χ1v) is 9.73. The summed E-state index contributed by atoms with van der Waals surface area (Å²) in [5.41, 5.74) is -0.140. The molecule has 2 heterocycles. The van der Waals surface area contributed by atoms with Crippen LogP contribution >= 0.6 is 0 Å². The van der Waals surface area contributed by atoms with Crippen LogP contribution < -0.4 is 9.80 Å². The maximum absolute atomic E-state index is 12.7. The third kappa shape index (κ3) is 3.98. The lowest BCUT2D eigenvalue weighted by Crippen LogP contribution is -2.49. The average molecular weight is 392 g/mol. The molecule has 2 aromatic rings. The molecular weight excluding hydrogens is 372 g/mol. The van der Waals surface area contributed by atoms with E-state index in [0.29, 0.717) is 32.0 Å². The minimum Gasteiger partial charge on any atom is -0.361 e. The molecule has 0 atom stereocenters. The smallest absolute Gasteiger partial charge is 0.269 e. The molecule has 3 rings (SSSR count). The van der Waals surface area contributed by atoms with Gasteiger partial charge in [0.15, 0.2) is 11.6 Å². The predicted octanol–water partition coefficient (Wildman–Crippen LogP) is 0.962. The SMILES string of the molecule is CN(C)c1ccc(N2CCN(S(=O)(=O)c3ccc([N+](=O)[O-])cc3)CC2)nn1. The molecule has 1 fully saturated rings. The molecule has 1 aromatic heterocycles. The molecule has 1 aromatic carbocycles. The zero-order valence-electron chi connectivity index (χ0n) is 15.0. The molecule has 0 radical (unpaired) electrons. The second-order valence-electron chi connectivity index (χ2n) is 6.29. The zero-order chi connectivity index (χ0) is 19.6. The van der Waals surface area contributed by atoms with E-state index in [-0.39, 0.29) is 10.6 Å². The van der Waals surface area contributed by atoms with Gasteiger partial charge in [0.25, 0.3) is 5.69 Å². The predicted molar refractivity (Wildman–Crippen MR) is 100 cm³/mol. The van der Waals surface area contributed by atoms with Gasteiger partial charge in [-0.25, -0.2) is 8.42 Å². The standard InChI is InChI=1S/C16H20N6O4S/c1-19(2)15-7-8-16(18-17-15)20-9-11-21(12-10-20)27(25,26)14-5-3-13(4-6-14)22(23)24/h3-8H,9-12H2,1-2H3. The van der Waals surface area contributed by atoms with Gasteiger partial charge in [0, 0.05) is 52.4 Å². The maximum Gasteiger partial charge on any atom is 0.269 e. The summed E-state index contributed by atoms with van der Waals surface area (Å²) in [5.74, 6) is 1.45. The van der Waals surface area contributed by atoms with Crippen molar-refractivity contribution in [3.8, 4) is 0 Å². The minimum atomic E-state index is -3.69. The number of sulfonamides is 1. The van der Waals surface area contributed by atoms with Crippen molar-refractivity contribution < 1.29 is 13.3 Å². The first-order valence-electron chi connectivity index (χ1n) is 8.29. The highest BCUT2D eigenvalue weighted by Gasteiger charge is 2.29. The zero-order valence-corrected chi connectivity index (χ0v) is 15.8. The van der Waals surface area contributed by atoms with E-state index in [1.807, 2.05) is 36.0 Å². The van der Waals surface area contributed by atoms with Crippen LogP contribution in [0.15, 0.2) is 41.3 Å². The number of rotatable bonds is 5. The van der Waals surface area contributed by atoms with Gasteiger partial charge >= 0.3 is 0 Å². The Labute approximate surface area is 157 Å². The van der Waals surface area contributed by atoms with Gasteiger partial charge in [-0.3, -0.25) is 10.1 Å². The summed E-state index contributed by atoms with van der Waals surface area (Å²) >= 11 is 0. The normalized spacial score (nSPS) is 15.6.